The van der Waals surface area contributed by atoms with Crippen molar-refractivity contribution < 1.29 is 53.0 Å². The van der Waals surface area contributed by atoms with E-state index in [0.717, 1.165) is 34.9 Å². The fourth-order valence-corrected chi connectivity index (χ4v) is 7.47. The first-order valence-corrected chi connectivity index (χ1v) is 15.7. The van der Waals surface area contributed by atoms with Gasteiger partial charge < -0.3 is 57.8 Å². The van der Waals surface area contributed by atoms with Gasteiger partial charge in [0.05, 0.1) is 29.0 Å². The fraction of sp³-hybridized carbons (Fsp3) is 0.515. The number of amides is 1. The van der Waals surface area contributed by atoms with Crippen LogP contribution < -0.4 is 22.7 Å². The van der Waals surface area contributed by atoms with Gasteiger partial charge in [0.15, 0.2) is 5.60 Å². The molecule has 0 saturated carbocycles. The first-order chi connectivity index (χ1) is 20.8. The summed E-state index contributed by atoms with van der Waals surface area (Å²) in [7, 11) is 0. The Labute approximate surface area is 278 Å². The highest BCUT2D eigenvalue weighted by atomic mass is 35.5. The van der Waals surface area contributed by atoms with Gasteiger partial charge in [0.1, 0.15) is 12.4 Å². The first kappa shape index (κ1) is 37.9. The van der Waals surface area contributed by atoms with E-state index < -0.39 is 11.6 Å². The van der Waals surface area contributed by atoms with Crippen LogP contribution in [-0.4, -0.2) is 85.2 Å². The molecule has 0 unspecified atom stereocenters. The zero-order chi connectivity index (χ0) is 29.9. The molecule has 2 saturated heterocycles. The van der Waals surface area contributed by atoms with Crippen LogP contribution in [0.4, 0.5) is 4.79 Å². The second-order valence-electron chi connectivity index (χ2n) is 12.2. The predicted octanol–water partition coefficient (Wildman–Crippen LogP) is -1.38. The van der Waals surface area contributed by atoms with Crippen LogP contribution in [0.25, 0.3) is 22.3 Å². The van der Waals surface area contributed by atoms with Crippen LogP contribution in [0.3, 0.4) is 0 Å². The molecule has 0 radical (unpaired) electrons. The SMILES string of the molecule is CCc1c2c(nc3ccc(OC(=O)N4CCC(N5CCCCC5)CC4)cc13)-c1cc3c(c(=O)n1C2)COC(=O)[C@]3(O)CC.O.O.O.[Cl-]. The third kappa shape index (κ3) is 6.23. The Morgan fingerprint density at radius 1 is 1.02 bits per heavy atom. The van der Waals surface area contributed by atoms with E-state index >= 15 is 0 Å². The summed E-state index contributed by atoms with van der Waals surface area (Å²) in [6.07, 6.45) is 6.26. The molecule has 4 aliphatic rings. The normalized spacial score (nSPS) is 20.3. The number of fused-ring (bicyclic) bond motifs is 5. The highest BCUT2D eigenvalue weighted by molar-refractivity contribution is 5.90. The van der Waals surface area contributed by atoms with Crippen molar-refractivity contribution in [3.63, 3.8) is 0 Å². The van der Waals surface area contributed by atoms with Crippen molar-refractivity contribution in [3.8, 4) is 17.1 Å². The molecule has 2 aromatic heterocycles. The Morgan fingerprint density at radius 2 is 1.72 bits per heavy atom. The standard InChI is InChI=1S/C33H38N4O6.ClH.3H2O/c1-3-22-23-16-21(43-32(40)36-14-10-20(11-15-36)35-12-6-5-7-13-35)8-9-27(23)34-29-24(22)18-37-28(29)17-26-25(30(37)38)19-42-31(39)33(26,41)4-2;;;;/h8-9,16-17,20,41H,3-7,10-15,18-19H2,1-2H3;1H;3*1H2/p-1/t33-;;;;/m0..../s1. The lowest BCUT2D eigenvalue weighted by Crippen LogP contribution is -3.00. The van der Waals surface area contributed by atoms with Gasteiger partial charge in [0.2, 0.25) is 0 Å². The van der Waals surface area contributed by atoms with Crippen LogP contribution in [0.5, 0.6) is 5.75 Å². The smallest absolute Gasteiger partial charge is 0.415 e. The van der Waals surface area contributed by atoms with E-state index in [1.807, 2.05) is 17.0 Å². The number of cyclic esters (lactones) is 1. The van der Waals surface area contributed by atoms with E-state index in [0.29, 0.717) is 60.4 Å². The number of aromatic nitrogens is 2. The minimum atomic E-state index is -1.86. The number of nitrogens with zero attached hydrogens (tertiary/aromatic N) is 4. The average molecular weight is 676 g/mol. The second-order valence-corrected chi connectivity index (χ2v) is 12.2. The Hall–Kier alpha value is -3.59. The molecule has 6 heterocycles. The van der Waals surface area contributed by atoms with Gasteiger partial charge in [0, 0.05) is 35.6 Å². The average Bonchev–Trinajstić information content (AvgIpc) is 3.41. The molecule has 47 heavy (non-hydrogen) atoms. The third-order valence-corrected chi connectivity index (χ3v) is 9.97. The maximum Gasteiger partial charge on any atom is 0.415 e. The molecule has 7 rings (SSSR count). The summed E-state index contributed by atoms with van der Waals surface area (Å²) in [5.74, 6) is -0.266. The Balaban J connectivity index is 0.00000150. The van der Waals surface area contributed by atoms with Gasteiger partial charge in [-0.25, -0.2) is 14.6 Å². The van der Waals surface area contributed by atoms with Crippen molar-refractivity contribution in [3.05, 3.63) is 56.9 Å². The summed E-state index contributed by atoms with van der Waals surface area (Å²) < 4.78 is 12.7. The highest BCUT2D eigenvalue weighted by Crippen LogP contribution is 2.41. The van der Waals surface area contributed by atoms with Gasteiger partial charge in [-0.15, -0.1) is 0 Å². The molecule has 0 bridgehead atoms. The summed E-state index contributed by atoms with van der Waals surface area (Å²) in [6.45, 7) is 7.65. The molecule has 3 aromatic rings. The Kier molecular flexibility index (Phi) is 11.8. The van der Waals surface area contributed by atoms with E-state index in [1.54, 1.807) is 23.6 Å². The Bertz CT molecular complexity index is 1700. The van der Waals surface area contributed by atoms with E-state index in [1.165, 1.54) is 32.4 Å². The van der Waals surface area contributed by atoms with Crippen molar-refractivity contribution in [1.82, 2.24) is 19.4 Å². The predicted molar refractivity (Wildman–Crippen MR) is 171 cm³/mol. The number of hydrogen-bond donors (Lipinski definition) is 1. The molecule has 7 N–H and O–H groups in total. The number of carbonyl (C=O) groups is 2. The van der Waals surface area contributed by atoms with Gasteiger partial charge in [0.25, 0.3) is 5.56 Å². The lowest BCUT2D eigenvalue weighted by molar-refractivity contribution is -0.172. The van der Waals surface area contributed by atoms with E-state index in [4.69, 9.17) is 14.5 Å². The molecule has 4 aliphatic heterocycles. The van der Waals surface area contributed by atoms with Gasteiger partial charge in [-0.05, 0) is 81.4 Å². The molecular weight excluding hydrogens is 632 g/mol. The maximum atomic E-state index is 13.6. The van der Waals surface area contributed by atoms with E-state index in [-0.39, 0.29) is 53.5 Å². The zero-order valence-corrected chi connectivity index (χ0v) is 27.5. The van der Waals surface area contributed by atoms with Crippen molar-refractivity contribution in [2.24, 2.45) is 0 Å². The number of aryl methyl sites for hydroxylation is 1. The highest BCUT2D eigenvalue weighted by Gasteiger charge is 2.45. The number of halogens is 1. The fourth-order valence-electron chi connectivity index (χ4n) is 7.47. The quantitative estimate of drug-likeness (QED) is 0.254. The number of rotatable bonds is 4. The molecular formula is C33H44ClN4O9-. The molecule has 2 fully saturated rings. The second kappa shape index (κ2) is 14.7. The largest absolute Gasteiger partial charge is 1.00 e. The molecule has 14 heteroatoms. The van der Waals surface area contributed by atoms with E-state index in [9.17, 15) is 19.5 Å². The third-order valence-electron chi connectivity index (χ3n) is 9.97. The van der Waals surface area contributed by atoms with Crippen molar-refractivity contribution in [2.45, 2.75) is 83.6 Å². The van der Waals surface area contributed by atoms with Gasteiger partial charge in [-0.3, -0.25) is 4.79 Å². The van der Waals surface area contributed by atoms with Gasteiger partial charge in [-0.1, -0.05) is 20.3 Å². The number of piperidine rings is 2. The lowest BCUT2D eigenvalue weighted by Gasteiger charge is -2.39. The first-order valence-electron chi connectivity index (χ1n) is 15.7. The van der Waals surface area contributed by atoms with Gasteiger partial charge in [-0.2, -0.15) is 0 Å². The van der Waals surface area contributed by atoms with Crippen molar-refractivity contribution >= 4 is 23.0 Å². The van der Waals surface area contributed by atoms with Crippen LogP contribution in [0.15, 0.2) is 29.1 Å². The monoisotopic (exact) mass is 675 g/mol. The molecule has 0 aliphatic carbocycles. The van der Waals surface area contributed by atoms with Crippen molar-refractivity contribution in [1.29, 1.82) is 0 Å². The van der Waals surface area contributed by atoms with Crippen LogP contribution >= 0.6 is 0 Å². The molecule has 13 nitrogen and oxygen atoms in total. The van der Waals surface area contributed by atoms with Crippen LogP contribution in [0.1, 0.15) is 74.6 Å². The maximum absolute atomic E-state index is 13.6. The summed E-state index contributed by atoms with van der Waals surface area (Å²) >= 11 is 0. The molecule has 1 amide bonds. The molecule has 258 valence electrons. The number of hydrogen-bond acceptors (Lipinski definition) is 8. The number of aliphatic hydroxyl groups is 1. The minimum absolute atomic E-state index is 0. The minimum Gasteiger partial charge on any atom is -1.00 e. The van der Waals surface area contributed by atoms with Crippen LogP contribution in [-0.2, 0) is 34.7 Å². The van der Waals surface area contributed by atoms with E-state index in [2.05, 4.69) is 11.8 Å². The zero-order valence-electron chi connectivity index (χ0n) is 26.7. The number of likely N-dealkylation sites (tertiary alicyclic amines) is 2. The summed E-state index contributed by atoms with van der Waals surface area (Å²) in [4.78, 5) is 48.5. The molecule has 0 spiro atoms. The number of carbonyl (C=O) groups excluding carboxylic acids is 2. The summed E-state index contributed by atoms with van der Waals surface area (Å²) in [5, 5.41) is 12.0. The number of pyridine rings is 2. The summed E-state index contributed by atoms with van der Waals surface area (Å²) in [5.41, 5.74) is 2.38. The topological polar surface area (TPSA) is 209 Å². The van der Waals surface area contributed by atoms with Crippen LogP contribution in [0, 0.1) is 0 Å². The van der Waals surface area contributed by atoms with Crippen molar-refractivity contribution in [2.75, 3.05) is 26.2 Å². The molecule has 1 aromatic carbocycles. The molecule has 1 atom stereocenters. The number of ether oxygens (including phenoxy) is 2. The lowest BCUT2D eigenvalue weighted by atomic mass is 9.86. The number of esters is 1. The number of benzene rings is 1. The Morgan fingerprint density at radius 3 is 2.38 bits per heavy atom. The summed E-state index contributed by atoms with van der Waals surface area (Å²) in [6, 6.07) is 7.77. The van der Waals surface area contributed by atoms with Gasteiger partial charge >= 0.3 is 12.1 Å². The van der Waals surface area contributed by atoms with Crippen LogP contribution in [0.2, 0.25) is 0 Å².